The number of hydrogen-bond donors (Lipinski definition) is 0. The topological polar surface area (TPSA) is 84.4 Å². The lowest BCUT2D eigenvalue weighted by Crippen LogP contribution is -2.39. The molecule has 2 aromatic carbocycles. The smallest absolute Gasteiger partial charge is 0.252 e. The summed E-state index contributed by atoms with van der Waals surface area (Å²) in [7, 11) is 1.52. The van der Waals surface area contributed by atoms with Gasteiger partial charge in [-0.3, -0.25) is 19.5 Å². The summed E-state index contributed by atoms with van der Waals surface area (Å²) in [5.74, 6) is 0.947. The molecule has 0 unspecified atom stereocenters. The maximum atomic E-state index is 13.9. The molecule has 222 valence electrons. The largest absolute Gasteiger partial charge is 0.489 e. The molecule has 0 atom stereocenters. The molecule has 9 nitrogen and oxygen atoms in total. The van der Waals surface area contributed by atoms with Gasteiger partial charge in [0.1, 0.15) is 6.61 Å². The standard InChI is InChI=1S/C32H37ClN4O5/c1-40-23-31(39)37-13-6-12-35(22-26-9-4-5-11-34-26)14-15-36(21-25-8-2-3-10-28(25)37)30(38)20-24-18-27(33)32-29(19-24)41-16-7-17-42-32/h2-5,8-11,18-19H,6-7,12-17,20-23H2,1H3. The quantitative estimate of drug-likeness (QED) is 0.421. The molecule has 1 aromatic heterocycles. The van der Waals surface area contributed by atoms with Crippen molar-refractivity contribution in [3.8, 4) is 11.5 Å². The molecule has 2 amide bonds. The first-order valence-corrected chi connectivity index (χ1v) is 14.7. The molecule has 5 rings (SSSR count). The number of halogens is 1. The van der Waals surface area contributed by atoms with Crippen LogP contribution in [-0.4, -0.2) is 79.7 Å². The molecule has 2 aliphatic heterocycles. The first kappa shape index (κ1) is 29.8. The fourth-order valence-corrected chi connectivity index (χ4v) is 5.65. The number of nitrogens with zero attached hydrogens (tertiary/aromatic N) is 4. The van der Waals surface area contributed by atoms with Gasteiger partial charge in [-0.15, -0.1) is 0 Å². The lowest BCUT2D eigenvalue weighted by molar-refractivity contribution is -0.131. The zero-order chi connectivity index (χ0) is 29.3. The minimum absolute atomic E-state index is 0.0144. The number of carbonyl (C=O) groups excluding carboxylic acids is 2. The number of fused-ring (bicyclic) bond motifs is 2. The Morgan fingerprint density at radius 3 is 2.62 bits per heavy atom. The SMILES string of the molecule is COCC(=O)N1CCCN(Cc2ccccn2)CCN(C(=O)Cc2cc(Cl)c3c(c2)OCCCO3)Cc2ccccc21. The summed E-state index contributed by atoms with van der Waals surface area (Å²) in [5, 5.41) is 0.439. The summed E-state index contributed by atoms with van der Waals surface area (Å²) >= 11 is 6.54. The van der Waals surface area contributed by atoms with E-state index in [0.29, 0.717) is 62.5 Å². The van der Waals surface area contributed by atoms with Gasteiger partial charge in [0, 0.05) is 64.7 Å². The highest BCUT2D eigenvalue weighted by atomic mass is 35.5. The van der Waals surface area contributed by atoms with Crippen LogP contribution < -0.4 is 14.4 Å². The lowest BCUT2D eigenvalue weighted by Gasteiger charge is -2.28. The van der Waals surface area contributed by atoms with Gasteiger partial charge in [-0.2, -0.15) is 0 Å². The highest BCUT2D eigenvalue weighted by Crippen LogP contribution is 2.38. The Balaban J connectivity index is 1.43. The van der Waals surface area contributed by atoms with E-state index in [1.807, 2.05) is 53.4 Å². The molecule has 0 fully saturated rings. The van der Waals surface area contributed by atoms with E-state index in [0.717, 1.165) is 41.9 Å². The van der Waals surface area contributed by atoms with Crippen molar-refractivity contribution in [2.24, 2.45) is 0 Å². The molecular weight excluding hydrogens is 556 g/mol. The third-order valence-corrected chi connectivity index (χ3v) is 7.72. The number of aromatic nitrogens is 1. The van der Waals surface area contributed by atoms with Crippen LogP contribution in [0.4, 0.5) is 5.69 Å². The molecule has 3 heterocycles. The molecular formula is C32H37ClN4O5. The second-order valence-corrected chi connectivity index (χ2v) is 10.9. The van der Waals surface area contributed by atoms with Crippen molar-refractivity contribution in [1.29, 1.82) is 0 Å². The summed E-state index contributed by atoms with van der Waals surface area (Å²) in [6.45, 7) is 4.55. The van der Waals surface area contributed by atoms with Gasteiger partial charge in [-0.25, -0.2) is 0 Å². The normalized spacial score (nSPS) is 16.2. The Morgan fingerprint density at radius 2 is 1.79 bits per heavy atom. The highest BCUT2D eigenvalue weighted by molar-refractivity contribution is 6.32. The molecule has 0 N–H and O–H groups in total. The number of rotatable bonds is 6. The molecule has 42 heavy (non-hydrogen) atoms. The molecule has 3 aromatic rings. The number of anilines is 1. The molecule has 0 radical (unpaired) electrons. The summed E-state index contributed by atoms with van der Waals surface area (Å²) < 4.78 is 16.8. The van der Waals surface area contributed by atoms with Gasteiger partial charge in [-0.1, -0.05) is 35.9 Å². The second-order valence-electron chi connectivity index (χ2n) is 10.5. The van der Waals surface area contributed by atoms with Crippen LogP contribution in [0.2, 0.25) is 5.02 Å². The fraction of sp³-hybridized carbons (Fsp3) is 0.406. The van der Waals surface area contributed by atoms with Crippen molar-refractivity contribution in [2.45, 2.75) is 32.4 Å². The number of benzene rings is 2. The lowest BCUT2D eigenvalue weighted by atomic mass is 10.1. The maximum absolute atomic E-state index is 13.9. The summed E-state index contributed by atoms with van der Waals surface area (Å²) in [4.78, 5) is 37.6. The van der Waals surface area contributed by atoms with Gasteiger partial charge in [0.25, 0.3) is 5.91 Å². The van der Waals surface area contributed by atoms with Crippen molar-refractivity contribution in [3.05, 3.63) is 82.6 Å². The van der Waals surface area contributed by atoms with Crippen molar-refractivity contribution in [2.75, 3.05) is 58.0 Å². The second kappa shape index (κ2) is 14.5. The van der Waals surface area contributed by atoms with Crippen LogP contribution in [0.1, 0.15) is 29.7 Å². The minimum atomic E-state index is -0.111. The van der Waals surface area contributed by atoms with Crippen molar-refractivity contribution in [3.63, 3.8) is 0 Å². The molecule has 10 heteroatoms. The van der Waals surface area contributed by atoms with E-state index < -0.39 is 0 Å². The number of hydrogen-bond acceptors (Lipinski definition) is 7. The molecule has 0 saturated heterocycles. The van der Waals surface area contributed by atoms with Crippen molar-refractivity contribution in [1.82, 2.24) is 14.8 Å². The number of para-hydroxylation sites is 1. The molecule has 0 bridgehead atoms. The number of ether oxygens (including phenoxy) is 3. The van der Waals surface area contributed by atoms with E-state index in [1.54, 1.807) is 17.2 Å². The fourth-order valence-electron chi connectivity index (χ4n) is 5.36. The Kier molecular flexibility index (Phi) is 10.3. The maximum Gasteiger partial charge on any atom is 0.252 e. The number of methoxy groups -OCH3 is 1. The highest BCUT2D eigenvalue weighted by Gasteiger charge is 2.25. The van der Waals surface area contributed by atoms with E-state index in [2.05, 4.69) is 9.88 Å². The van der Waals surface area contributed by atoms with Crippen LogP contribution in [-0.2, 0) is 33.8 Å². The van der Waals surface area contributed by atoms with Gasteiger partial charge >= 0.3 is 0 Å². The third kappa shape index (κ3) is 7.59. The minimum Gasteiger partial charge on any atom is -0.489 e. The first-order chi connectivity index (χ1) is 20.5. The van der Waals surface area contributed by atoms with Gasteiger partial charge < -0.3 is 24.0 Å². The predicted molar refractivity (Wildman–Crippen MR) is 161 cm³/mol. The summed E-state index contributed by atoms with van der Waals surface area (Å²) in [5.41, 5.74) is 3.43. The van der Waals surface area contributed by atoms with Crippen LogP contribution in [0.15, 0.2) is 60.8 Å². The Labute approximate surface area is 251 Å². The van der Waals surface area contributed by atoms with E-state index in [-0.39, 0.29) is 24.8 Å². The molecule has 0 aliphatic carbocycles. The average molecular weight is 593 g/mol. The zero-order valence-electron chi connectivity index (χ0n) is 24.0. The average Bonchev–Trinajstić information content (AvgIpc) is 3.25. The van der Waals surface area contributed by atoms with E-state index in [4.69, 9.17) is 25.8 Å². The van der Waals surface area contributed by atoms with Crippen LogP contribution in [0.5, 0.6) is 11.5 Å². The van der Waals surface area contributed by atoms with E-state index in [1.165, 1.54) is 7.11 Å². The Hall–Kier alpha value is -3.66. The van der Waals surface area contributed by atoms with Gasteiger partial charge in [-0.05, 0) is 47.9 Å². The van der Waals surface area contributed by atoms with Gasteiger partial charge in [0.15, 0.2) is 11.5 Å². The van der Waals surface area contributed by atoms with Crippen LogP contribution in [0.25, 0.3) is 0 Å². The third-order valence-electron chi connectivity index (χ3n) is 7.44. The van der Waals surface area contributed by atoms with Crippen LogP contribution >= 0.6 is 11.6 Å². The molecule has 0 spiro atoms. The van der Waals surface area contributed by atoms with Crippen molar-refractivity contribution < 1.29 is 23.8 Å². The molecule has 0 saturated carbocycles. The van der Waals surface area contributed by atoms with Gasteiger partial charge in [0.2, 0.25) is 5.91 Å². The summed E-state index contributed by atoms with van der Waals surface area (Å²) in [6.07, 6.45) is 3.48. The van der Waals surface area contributed by atoms with Crippen LogP contribution in [0, 0.1) is 0 Å². The number of carbonyl (C=O) groups is 2. The zero-order valence-corrected chi connectivity index (χ0v) is 24.7. The first-order valence-electron chi connectivity index (χ1n) is 14.4. The predicted octanol–water partition coefficient (Wildman–Crippen LogP) is 4.35. The van der Waals surface area contributed by atoms with Crippen LogP contribution in [0.3, 0.4) is 0 Å². The summed E-state index contributed by atoms with van der Waals surface area (Å²) in [6, 6.07) is 17.3. The van der Waals surface area contributed by atoms with E-state index >= 15 is 0 Å². The van der Waals surface area contributed by atoms with E-state index in [9.17, 15) is 9.59 Å². The number of amides is 2. The monoisotopic (exact) mass is 592 g/mol. The Morgan fingerprint density at radius 1 is 0.952 bits per heavy atom. The van der Waals surface area contributed by atoms with Gasteiger partial charge in [0.05, 0.1) is 30.4 Å². The Bertz CT molecular complexity index is 1370. The molecule has 2 aliphatic rings. The number of pyridine rings is 1. The van der Waals surface area contributed by atoms with Crippen molar-refractivity contribution >= 4 is 29.1 Å².